The summed E-state index contributed by atoms with van der Waals surface area (Å²) in [6.07, 6.45) is 6.03. The van der Waals surface area contributed by atoms with Gasteiger partial charge in [0, 0.05) is 5.92 Å². The van der Waals surface area contributed by atoms with E-state index in [9.17, 15) is 4.79 Å². The van der Waals surface area contributed by atoms with Crippen molar-refractivity contribution in [3.63, 3.8) is 0 Å². The molecule has 15 heavy (non-hydrogen) atoms. The molecule has 0 aromatic rings. The SMILES string of the molecule is CC(=O)C1CCC2=C(C1)C(C(C)C)CC2. The maximum atomic E-state index is 11.4. The number of allylic oxidation sites excluding steroid dienone is 2. The van der Waals surface area contributed by atoms with Crippen LogP contribution in [0.1, 0.15) is 52.9 Å². The van der Waals surface area contributed by atoms with Crippen LogP contribution in [0, 0.1) is 17.8 Å². The second kappa shape index (κ2) is 4.11. The Morgan fingerprint density at radius 1 is 1.27 bits per heavy atom. The van der Waals surface area contributed by atoms with Crippen molar-refractivity contribution in [3.05, 3.63) is 11.1 Å². The van der Waals surface area contributed by atoms with Crippen LogP contribution in [0.15, 0.2) is 11.1 Å². The summed E-state index contributed by atoms with van der Waals surface area (Å²) >= 11 is 0. The number of carbonyl (C=O) groups excluding carboxylic acids is 1. The third-order valence-electron chi connectivity index (χ3n) is 4.30. The van der Waals surface area contributed by atoms with Gasteiger partial charge in [-0.05, 0) is 50.9 Å². The number of rotatable bonds is 2. The van der Waals surface area contributed by atoms with Crippen LogP contribution in [0.2, 0.25) is 0 Å². The van der Waals surface area contributed by atoms with Gasteiger partial charge < -0.3 is 0 Å². The van der Waals surface area contributed by atoms with Crippen LogP contribution in [0.4, 0.5) is 0 Å². The molecular formula is C14H22O. The number of carbonyl (C=O) groups is 1. The van der Waals surface area contributed by atoms with Gasteiger partial charge in [0.25, 0.3) is 0 Å². The minimum atomic E-state index is 0.336. The topological polar surface area (TPSA) is 17.1 Å². The van der Waals surface area contributed by atoms with Crippen molar-refractivity contribution in [2.24, 2.45) is 17.8 Å². The molecule has 0 aromatic carbocycles. The molecule has 2 aliphatic carbocycles. The Bertz CT molecular complexity index is 298. The molecule has 84 valence electrons. The summed E-state index contributed by atoms with van der Waals surface area (Å²) < 4.78 is 0. The van der Waals surface area contributed by atoms with Crippen molar-refractivity contribution >= 4 is 5.78 Å². The zero-order chi connectivity index (χ0) is 11.0. The molecule has 0 N–H and O–H groups in total. The fourth-order valence-electron chi connectivity index (χ4n) is 3.31. The maximum Gasteiger partial charge on any atom is 0.133 e. The lowest BCUT2D eigenvalue weighted by molar-refractivity contribution is -0.121. The number of hydrogen-bond acceptors (Lipinski definition) is 1. The molecular weight excluding hydrogens is 184 g/mol. The minimum absolute atomic E-state index is 0.336. The lowest BCUT2D eigenvalue weighted by Crippen LogP contribution is -2.19. The van der Waals surface area contributed by atoms with Gasteiger partial charge in [0.15, 0.2) is 0 Å². The van der Waals surface area contributed by atoms with Gasteiger partial charge in [0.1, 0.15) is 5.78 Å². The van der Waals surface area contributed by atoms with Crippen molar-refractivity contribution in [1.29, 1.82) is 0 Å². The van der Waals surface area contributed by atoms with E-state index in [2.05, 4.69) is 13.8 Å². The van der Waals surface area contributed by atoms with Gasteiger partial charge >= 0.3 is 0 Å². The number of ketones is 1. The lowest BCUT2D eigenvalue weighted by Gasteiger charge is -2.27. The summed E-state index contributed by atoms with van der Waals surface area (Å²) in [6.45, 7) is 6.39. The quantitative estimate of drug-likeness (QED) is 0.629. The lowest BCUT2D eigenvalue weighted by atomic mass is 9.78. The van der Waals surface area contributed by atoms with Crippen molar-refractivity contribution in [2.45, 2.75) is 52.9 Å². The van der Waals surface area contributed by atoms with Crippen LogP contribution < -0.4 is 0 Å². The van der Waals surface area contributed by atoms with Crippen LogP contribution in [0.3, 0.4) is 0 Å². The van der Waals surface area contributed by atoms with E-state index in [1.54, 1.807) is 18.1 Å². The number of Topliss-reactive ketones (excluding diaryl/α,β-unsaturated/α-hetero) is 1. The van der Waals surface area contributed by atoms with E-state index in [0.717, 1.165) is 24.7 Å². The molecule has 0 saturated heterocycles. The summed E-state index contributed by atoms with van der Waals surface area (Å²) in [5.41, 5.74) is 3.36. The second-order valence-corrected chi connectivity index (χ2v) is 5.57. The highest BCUT2D eigenvalue weighted by Gasteiger charge is 2.33. The van der Waals surface area contributed by atoms with E-state index in [4.69, 9.17) is 0 Å². The van der Waals surface area contributed by atoms with Gasteiger partial charge in [0.05, 0.1) is 0 Å². The van der Waals surface area contributed by atoms with E-state index in [-0.39, 0.29) is 0 Å². The first-order valence-electron chi connectivity index (χ1n) is 6.30. The minimum Gasteiger partial charge on any atom is -0.300 e. The third-order valence-corrected chi connectivity index (χ3v) is 4.30. The molecule has 0 amide bonds. The third kappa shape index (κ3) is 2.02. The molecule has 0 aliphatic heterocycles. The second-order valence-electron chi connectivity index (χ2n) is 5.57. The Kier molecular flexibility index (Phi) is 2.99. The van der Waals surface area contributed by atoms with Crippen LogP contribution in [-0.4, -0.2) is 5.78 Å². The average Bonchev–Trinajstić information content (AvgIpc) is 2.59. The molecule has 0 radical (unpaired) electrons. The molecule has 2 atom stereocenters. The molecule has 0 saturated carbocycles. The molecule has 0 bridgehead atoms. The molecule has 1 nitrogen and oxygen atoms in total. The van der Waals surface area contributed by atoms with Gasteiger partial charge in [0.2, 0.25) is 0 Å². The Morgan fingerprint density at radius 2 is 1.93 bits per heavy atom. The normalized spacial score (nSPS) is 30.9. The van der Waals surface area contributed by atoms with Gasteiger partial charge in [-0.25, -0.2) is 0 Å². The summed E-state index contributed by atoms with van der Waals surface area (Å²) in [5.74, 6) is 2.27. The zero-order valence-electron chi connectivity index (χ0n) is 10.2. The molecule has 0 heterocycles. The smallest absolute Gasteiger partial charge is 0.133 e. The molecule has 2 unspecified atom stereocenters. The summed E-state index contributed by atoms with van der Waals surface area (Å²) in [4.78, 5) is 11.4. The summed E-state index contributed by atoms with van der Waals surface area (Å²) in [6, 6.07) is 0. The fraction of sp³-hybridized carbons (Fsp3) is 0.786. The van der Waals surface area contributed by atoms with Crippen molar-refractivity contribution < 1.29 is 4.79 Å². The Labute approximate surface area is 92.9 Å². The highest BCUT2D eigenvalue weighted by atomic mass is 16.1. The Balaban J connectivity index is 2.15. The fourth-order valence-corrected chi connectivity index (χ4v) is 3.31. The van der Waals surface area contributed by atoms with Crippen molar-refractivity contribution in [2.75, 3.05) is 0 Å². The van der Waals surface area contributed by atoms with Gasteiger partial charge in [-0.1, -0.05) is 25.0 Å². The zero-order valence-corrected chi connectivity index (χ0v) is 10.2. The van der Waals surface area contributed by atoms with E-state index < -0.39 is 0 Å². The van der Waals surface area contributed by atoms with Crippen LogP contribution in [-0.2, 0) is 4.79 Å². The Hall–Kier alpha value is -0.590. The van der Waals surface area contributed by atoms with Crippen LogP contribution >= 0.6 is 0 Å². The average molecular weight is 206 g/mol. The van der Waals surface area contributed by atoms with E-state index in [1.807, 2.05) is 0 Å². The first kappa shape index (κ1) is 10.9. The first-order chi connectivity index (χ1) is 7.09. The van der Waals surface area contributed by atoms with Gasteiger partial charge in [-0.15, -0.1) is 0 Å². The standard InChI is InChI=1S/C14H22O/c1-9(2)13-7-6-11-4-5-12(10(3)15)8-14(11)13/h9,12-13H,4-8H2,1-3H3. The van der Waals surface area contributed by atoms with Crippen LogP contribution in [0.5, 0.6) is 0 Å². The molecule has 2 rings (SSSR count). The van der Waals surface area contributed by atoms with Gasteiger partial charge in [-0.2, -0.15) is 0 Å². The van der Waals surface area contributed by atoms with E-state index >= 15 is 0 Å². The van der Waals surface area contributed by atoms with Crippen LogP contribution in [0.25, 0.3) is 0 Å². The largest absolute Gasteiger partial charge is 0.300 e. The highest BCUT2D eigenvalue weighted by molar-refractivity contribution is 5.78. The van der Waals surface area contributed by atoms with Crippen molar-refractivity contribution in [1.82, 2.24) is 0 Å². The van der Waals surface area contributed by atoms with Crippen molar-refractivity contribution in [3.8, 4) is 0 Å². The molecule has 0 aromatic heterocycles. The van der Waals surface area contributed by atoms with E-state index in [0.29, 0.717) is 11.7 Å². The molecule has 0 spiro atoms. The first-order valence-corrected chi connectivity index (χ1v) is 6.30. The molecule has 1 heteroatoms. The monoisotopic (exact) mass is 206 g/mol. The molecule has 2 aliphatic rings. The maximum absolute atomic E-state index is 11.4. The highest BCUT2D eigenvalue weighted by Crippen LogP contribution is 2.45. The number of hydrogen-bond donors (Lipinski definition) is 0. The summed E-state index contributed by atoms with van der Waals surface area (Å²) in [5, 5.41) is 0. The Morgan fingerprint density at radius 3 is 2.53 bits per heavy atom. The van der Waals surface area contributed by atoms with Gasteiger partial charge in [-0.3, -0.25) is 4.79 Å². The predicted octanol–water partition coefficient (Wildman–Crippen LogP) is 3.74. The predicted molar refractivity (Wildman–Crippen MR) is 62.6 cm³/mol. The molecule has 0 fully saturated rings. The summed E-state index contributed by atoms with van der Waals surface area (Å²) in [7, 11) is 0. The van der Waals surface area contributed by atoms with E-state index in [1.165, 1.54) is 19.3 Å².